The van der Waals surface area contributed by atoms with Crippen molar-refractivity contribution >= 4 is 19.7 Å². The van der Waals surface area contributed by atoms with Crippen molar-refractivity contribution in [3.63, 3.8) is 0 Å². The van der Waals surface area contributed by atoms with Crippen LogP contribution in [0.25, 0.3) is 0 Å². The monoisotopic (exact) mass is 519 g/mol. The number of nitrogens with zero attached hydrogens (tertiary/aromatic N) is 3. The van der Waals surface area contributed by atoms with Crippen LogP contribution in [-0.4, -0.2) is 95.4 Å². The Balaban J connectivity index is 1.25. The second kappa shape index (κ2) is 11.5. The zero-order chi connectivity index (χ0) is 24.9. The van der Waals surface area contributed by atoms with E-state index >= 15 is 0 Å². The van der Waals surface area contributed by atoms with Crippen molar-refractivity contribution in [2.45, 2.75) is 41.6 Å². The minimum absolute atomic E-state index is 0.157. The first-order valence-corrected chi connectivity index (χ1v) is 16.0. The van der Waals surface area contributed by atoms with Crippen molar-refractivity contribution in [2.24, 2.45) is 0 Å². The van der Waals surface area contributed by atoms with Crippen LogP contribution in [0.15, 0.2) is 64.4 Å². The second-order valence-corrected chi connectivity index (χ2v) is 13.8. The van der Waals surface area contributed by atoms with Crippen LogP contribution >= 0.6 is 0 Å². The molecule has 2 saturated heterocycles. The van der Waals surface area contributed by atoms with Crippen molar-refractivity contribution in [3.05, 3.63) is 60.2 Å². The molecule has 0 saturated carbocycles. The Hall–Kier alpha value is -1.78. The van der Waals surface area contributed by atoms with Gasteiger partial charge < -0.3 is 4.90 Å². The quantitative estimate of drug-likeness (QED) is 0.530. The molecule has 9 heteroatoms. The number of rotatable bonds is 8. The maximum Gasteiger partial charge on any atom is 0.179 e. The van der Waals surface area contributed by atoms with E-state index in [2.05, 4.69) is 14.7 Å². The minimum Gasteiger partial charge on any atom is -0.301 e. The highest BCUT2D eigenvalue weighted by Crippen LogP contribution is 2.23. The Kier molecular flexibility index (Phi) is 8.65. The molecule has 7 nitrogen and oxygen atoms in total. The van der Waals surface area contributed by atoms with E-state index in [1.807, 2.05) is 18.2 Å². The summed E-state index contributed by atoms with van der Waals surface area (Å²) in [6, 6.07) is 16.6. The Morgan fingerprint density at radius 3 is 2.17 bits per heavy atom. The van der Waals surface area contributed by atoms with Gasteiger partial charge in [0.1, 0.15) is 0 Å². The molecule has 0 unspecified atom stereocenters. The molecule has 2 fully saturated rings. The molecule has 0 atom stereocenters. The molecule has 0 aliphatic carbocycles. The average molecular weight is 520 g/mol. The summed E-state index contributed by atoms with van der Waals surface area (Å²) in [6.45, 7) is 6.99. The predicted molar refractivity (Wildman–Crippen MR) is 139 cm³/mol. The third-order valence-corrected chi connectivity index (χ3v) is 10.1. The number of hydrogen-bond acceptors (Lipinski definition) is 7. The van der Waals surface area contributed by atoms with Crippen LogP contribution in [0.2, 0.25) is 0 Å². The van der Waals surface area contributed by atoms with Crippen LogP contribution < -0.4 is 0 Å². The van der Waals surface area contributed by atoms with Crippen LogP contribution in [0.4, 0.5) is 0 Å². The van der Waals surface area contributed by atoms with Gasteiger partial charge in [-0.1, -0.05) is 36.4 Å². The average Bonchev–Trinajstić information content (AvgIpc) is 3.09. The molecule has 0 aromatic heterocycles. The van der Waals surface area contributed by atoms with Crippen molar-refractivity contribution < 1.29 is 16.8 Å². The largest absolute Gasteiger partial charge is 0.301 e. The maximum atomic E-state index is 12.6. The lowest BCUT2D eigenvalue weighted by Gasteiger charge is -2.38. The number of benzene rings is 2. The van der Waals surface area contributed by atoms with Gasteiger partial charge >= 0.3 is 0 Å². The van der Waals surface area contributed by atoms with Gasteiger partial charge in [0.05, 0.1) is 15.5 Å². The first-order chi connectivity index (χ1) is 16.7. The van der Waals surface area contributed by atoms with Gasteiger partial charge in [-0.15, -0.1) is 0 Å². The van der Waals surface area contributed by atoms with Gasteiger partial charge in [0, 0.05) is 38.5 Å². The van der Waals surface area contributed by atoms with Crippen molar-refractivity contribution in [1.82, 2.24) is 14.7 Å². The molecule has 2 heterocycles. The summed E-state index contributed by atoms with van der Waals surface area (Å²) in [6.07, 6.45) is 4.47. The van der Waals surface area contributed by atoms with E-state index in [0.717, 1.165) is 64.1 Å². The topological polar surface area (TPSA) is 78.0 Å². The summed E-state index contributed by atoms with van der Waals surface area (Å²) in [5.41, 5.74) is 0.879. The van der Waals surface area contributed by atoms with Crippen LogP contribution in [0.1, 0.15) is 24.8 Å². The first kappa shape index (κ1) is 26.3. The summed E-state index contributed by atoms with van der Waals surface area (Å²) in [5.74, 6) is 0.157. The predicted octanol–water partition coefficient (Wildman–Crippen LogP) is 2.54. The number of sulfone groups is 2. The molecule has 2 aromatic carbocycles. The second-order valence-electron chi connectivity index (χ2n) is 9.75. The number of hydrogen-bond donors (Lipinski definition) is 0. The molecule has 2 aliphatic heterocycles. The van der Waals surface area contributed by atoms with Gasteiger partial charge in [0.15, 0.2) is 19.7 Å². The van der Waals surface area contributed by atoms with Crippen LogP contribution in [0.5, 0.6) is 0 Å². The summed E-state index contributed by atoms with van der Waals surface area (Å²) in [7, 11) is -6.48. The summed E-state index contributed by atoms with van der Waals surface area (Å²) < 4.78 is 49.5. The van der Waals surface area contributed by atoms with Crippen LogP contribution in [0.3, 0.4) is 0 Å². The molecule has 4 rings (SSSR count). The van der Waals surface area contributed by atoms with Crippen molar-refractivity contribution in [1.29, 1.82) is 0 Å². The smallest absolute Gasteiger partial charge is 0.179 e. The molecular formula is C26H37N3O4S2. The van der Waals surface area contributed by atoms with Gasteiger partial charge in [-0.3, -0.25) is 9.80 Å². The Morgan fingerprint density at radius 1 is 0.771 bits per heavy atom. The molecule has 2 aromatic rings. The standard InChI is InChI=1S/C26H37N3O4S2/c1-34(30,31)26-11-6-5-8-23(26)22-28-16-12-24(13-17-28)29-15-7-14-27(18-19-29)20-21-35(32,33)25-9-3-2-4-10-25/h2-6,8-11,24H,7,12-22H2,1H3. The fraction of sp³-hybridized carbons (Fsp3) is 0.538. The van der Waals surface area contributed by atoms with Crippen molar-refractivity contribution in [2.75, 3.05) is 57.8 Å². The van der Waals surface area contributed by atoms with Crippen LogP contribution in [0, 0.1) is 0 Å². The zero-order valence-corrected chi connectivity index (χ0v) is 22.2. The van der Waals surface area contributed by atoms with Gasteiger partial charge in [0.2, 0.25) is 0 Å². The van der Waals surface area contributed by atoms with E-state index in [9.17, 15) is 16.8 Å². The number of likely N-dealkylation sites (tertiary alicyclic amines) is 1. The first-order valence-electron chi connectivity index (χ1n) is 12.5. The van der Waals surface area contributed by atoms with E-state index < -0.39 is 19.7 Å². The molecule has 35 heavy (non-hydrogen) atoms. The van der Waals surface area contributed by atoms with E-state index in [1.54, 1.807) is 36.4 Å². The zero-order valence-electron chi connectivity index (χ0n) is 20.5. The van der Waals surface area contributed by atoms with Gasteiger partial charge in [0.25, 0.3) is 0 Å². The summed E-state index contributed by atoms with van der Waals surface area (Å²) in [4.78, 5) is 8.07. The fourth-order valence-corrected chi connectivity index (χ4v) is 7.49. The lowest BCUT2D eigenvalue weighted by Crippen LogP contribution is -2.46. The molecule has 0 spiro atoms. The lowest BCUT2D eigenvalue weighted by atomic mass is 10.0. The van der Waals surface area contributed by atoms with E-state index in [1.165, 1.54) is 6.26 Å². The molecular weight excluding hydrogens is 482 g/mol. The molecule has 0 bridgehead atoms. The summed E-state index contributed by atoms with van der Waals surface area (Å²) in [5, 5.41) is 0. The van der Waals surface area contributed by atoms with E-state index in [4.69, 9.17) is 0 Å². The highest BCUT2D eigenvalue weighted by atomic mass is 32.2. The third kappa shape index (κ3) is 7.13. The van der Waals surface area contributed by atoms with Gasteiger partial charge in [-0.05, 0) is 69.2 Å². The lowest BCUT2D eigenvalue weighted by molar-refractivity contribution is 0.106. The van der Waals surface area contributed by atoms with Gasteiger partial charge in [-0.2, -0.15) is 0 Å². The third-order valence-electron chi connectivity index (χ3n) is 7.24. The molecule has 0 radical (unpaired) electrons. The van der Waals surface area contributed by atoms with E-state index in [-0.39, 0.29) is 5.75 Å². The van der Waals surface area contributed by atoms with Gasteiger partial charge in [-0.25, -0.2) is 16.8 Å². The highest BCUT2D eigenvalue weighted by Gasteiger charge is 2.27. The Labute approximate surface area is 210 Å². The van der Waals surface area contributed by atoms with E-state index in [0.29, 0.717) is 28.9 Å². The Morgan fingerprint density at radius 2 is 1.46 bits per heavy atom. The molecule has 0 N–H and O–H groups in total. The maximum absolute atomic E-state index is 12.6. The van der Waals surface area contributed by atoms with Crippen molar-refractivity contribution in [3.8, 4) is 0 Å². The highest BCUT2D eigenvalue weighted by molar-refractivity contribution is 7.91. The summed E-state index contributed by atoms with van der Waals surface area (Å²) >= 11 is 0. The minimum atomic E-state index is -3.25. The Bertz CT molecular complexity index is 1180. The van der Waals surface area contributed by atoms with Crippen LogP contribution in [-0.2, 0) is 26.2 Å². The molecule has 2 aliphatic rings. The normalized spacial score (nSPS) is 20.0. The SMILES string of the molecule is CS(=O)(=O)c1ccccc1CN1CCC(N2CCCN(CCS(=O)(=O)c3ccccc3)CC2)CC1. The molecule has 192 valence electrons. The molecule has 0 amide bonds. The number of piperidine rings is 1. The fourth-order valence-electron chi connectivity index (χ4n) is 5.25.